The number of aromatic nitrogens is 2. The van der Waals surface area contributed by atoms with Gasteiger partial charge in [0.05, 0.1) is 31.3 Å². The Hall–Kier alpha value is -1.20. The SMILES string of the molecule is CNc1cnc(COCC2CCOCC2)cn1. The molecule has 1 aliphatic rings. The summed E-state index contributed by atoms with van der Waals surface area (Å²) in [5, 5.41) is 2.93. The van der Waals surface area contributed by atoms with E-state index in [0.29, 0.717) is 12.5 Å². The standard InChI is InChI=1S/C12H19N3O2/c1-13-12-7-14-11(6-15-12)9-17-8-10-2-4-16-5-3-10/h6-7,10H,2-5,8-9H2,1H3,(H,13,15). The van der Waals surface area contributed by atoms with Crippen LogP contribution in [-0.2, 0) is 16.1 Å². The number of anilines is 1. The van der Waals surface area contributed by atoms with Crippen LogP contribution < -0.4 is 5.32 Å². The van der Waals surface area contributed by atoms with Crippen LogP contribution in [0.2, 0.25) is 0 Å². The van der Waals surface area contributed by atoms with Crippen LogP contribution in [0.1, 0.15) is 18.5 Å². The lowest BCUT2D eigenvalue weighted by molar-refractivity contribution is 0.0149. The van der Waals surface area contributed by atoms with Crippen molar-refractivity contribution in [1.29, 1.82) is 0 Å². The van der Waals surface area contributed by atoms with Gasteiger partial charge in [-0.25, -0.2) is 4.98 Å². The number of nitrogens with one attached hydrogen (secondary N) is 1. The van der Waals surface area contributed by atoms with E-state index in [-0.39, 0.29) is 0 Å². The largest absolute Gasteiger partial charge is 0.381 e. The number of ether oxygens (including phenoxy) is 2. The molecule has 2 heterocycles. The van der Waals surface area contributed by atoms with Crippen molar-refractivity contribution >= 4 is 5.82 Å². The first-order chi connectivity index (χ1) is 8.38. The Morgan fingerprint density at radius 2 is 2.18 bits per heavy atom. The molecular weight excluding hydrogens is 218 g/mol. The predicted octanol–water partition coefficient (Wildman–Crippen LogP) is 1.46. The van der Waals surface area contributed by atoms with Crippen molar-refractivity contribution in [2.75, 3.05) is 32.2 Å². The smallest absolute Gasteiger partial charge is 0.144 e. The topological polar surface area (TPSA) is 56.3 Å². The fraction of sp³-hybridized carbons (Fsp3) is 0.667. The second-order valence-electron chi connectivity index (χ2n) is 4.21. The van der Waals surface area contributed by atoms with Gasteiger partial charge in [0.25, 0.3) is 0 Å². The van der Waals surface area contributed by atoms with E-state index in [1.54, 1.807) is 12.4 Å². The average Bonchev–Trinajstić information content (AvgIpc) is 2.41. The van der Waals surface area contributed by atoms with Crippen molar-refractivity contribution < 1.29 is 9.47 Å². The van der Waals surface area contributed by atoms with Crippen LogP contribution in [0.4, 0.5) is 5.82 Å². The third-order valence-corrected chi connectivity index (χ3v) is 2.91. The average molecular weight is 237 g/mol. The lowest BCUT2D eigenvalue weighted by atomic mass is 10.0. The normalized spacial score (nSPS) is 17.0. The van der Waals surface area contributed by atoms with Gasteiger partial charge in [-0.15, -0.1) is 0 Å². The second kappa shape index (κ2) is 6.51. The summed E-state index contributed by atoms with van der Waals surface area (Å²) >= 11 is 0. The Morgan fingerprint density at radius 1 is 1.35 bits per heavy atom. The van der Waals surface area contributed by atoms with Gasteiger partial charge in [-0.2, -0.15) is 0 Å². The predicted molar refractivity (Wildman–Crippen MR) is 64.8 cm³/mol. The quantitative estimate of drug-likeness (QED) is 0.840. The molecule has 0 aliphatic carbocycles. The lowest BCUT2D eigenvalue weighted by Crippen LogP contribution is -2.20. The summed E-state index contributed by atoms with van der Waals surface area (Å²) < 4.78 is 11.0. The maximum absolute atomic E-state index is 5.65. The molecular formula is C12H19N3O2. The molecule has 1 saturated heterocycles. The Morgan fingerprint density at radius 3 is 2.82 bits per heavy atom. The molecule has 0 spiro atoms. The minimum atomic E-state index is 0.536. The first-order valence-corrected chi connectivity index (χ1v) is 6.02. The third kappa shape index (κ3) is 3.94. The summed E-state index contributed by atoms with van der Waals surface area (Å²) in [6.45, 7) is 3.06. The maximum atomic E-state index is 5.65. The van der Waals surface area contributed by atoms with Crippen LogP contribution in [0, 0.1) is 5.92 Å². The number of hydrogen-bond donors (Lipinski definition) is 1. The summed E-state index contributed by atoms with van der Waals surface area (Å²) in [4.78, 5) is 8.45. The molecule has 0 bridgehead atoms. The van der Waals surface area contributed by atoms with Gasteiger partial charge in [-0.05, 0) is 18.8 Å². The molecule has 0 aromatic carbocycles. The molecule has 17 heavy (non-hydrogen) atoms. The second-order valence-corrected chi connectivity index (χ2v) is 4.21. The summed E-state index contributed by atoms with van der Waals surface area (Å²) in [6.07, 6.45) is 5.66. The summed E-state index contributed by atoms with van der Waals surface area (Å²) in [5.74, 6) is 1.41. The molecule has 5 heteroatoms. The number of rotatable bonds is 5. The summed E-state index contributed by atoms with van der Waals surface area (Å²) in [6, 6.07) is 0. The highest BCUT2D eigenvalue weighted by Gasteiger charge is 2.13. The van der Waals surface area contributed by atoms with Gasteiger partial charge in [0, 0.05) is 20.3 Å². The van der Waals surface area contributed by atoms with Crippen molar-refractivity contribution in [3.63, 3.8) is 0 Å². The first kappa shape index (κ1) is 12.3. The Bertz CT molecular complexity index is 323. The first-order valence-electron chi connectivity index (χ1n) is 6.02. The third-order valence-electron chi connectivity index (χ3n) is 2.91. The molecule has 0 radical (unpaired) electrons. The fourth-order valence-corrected chi connectivity index (χ4v) is 1.80. The van der Waals surface area contributed by atoms with Crippen LogP contribution in [-0.4, -0.2) is 36.8 Å². The Labute approximate surface area is 102 Å². The zero-order valence-corrected chi connectivity index (χ0v) is 10.2. The molecule has 94 valence electrons. The van der Waals surface area contributed by atoms with Gasteiger partial charge in [-0.1, -0.05) is 0 Å². The Balaban J connectivity index is 1.69. The van der Waals surface area contributed by atoms with Crippen LogP contribution in [0.5, 0.6) is 0 Å². The molecule has 1 N–H and O–H groups in total. The number of hydrogen-bond acceptors (Lipinski definition) is 5. The molecule has 1 fully saturated rings. The highest BCUT2D eigenvalue weighted by molar-refractivity contribution is 5.29. The molecule has 0 saturated carbocycles. The van der Waals surface area contributed by atoms with Crippen LogP contribution in [0.25, 0.3) is 0 Å². The van der Waals surface area contributed by atoms with Crippen LogP contribution in [0.3, 0.4) is 0 Å². The van der Waals surface area contributed by atoms with E-state index < -0.39 is 0 Å². The van der Waals surface area contributed by atoms with E-state index in [0.717, 1.165) is 44.2 Å². The van der Waals surface area contributed by atoms with E-state index >= 15 is 0 Å². The number of nitrogens with zero attached hydrogens (tertiary/aromatic N) is 2. The van der Waals surface area contributed by atoms with Gasteiger partial charge in [0.15, 0.2) is 0 Å². The highest BCUT2D eigenvalue weighted by atomic mass is 16.5. The monoisotopic (exact) mass is 237 g/mol. The molecule has 2 rings (SSSR count). The minimum absolute atomic E-state index is 0.536. The maximum Gasteiger partial charge on any atom is 0.144 e. The van der Waals surface area contributed by atoms with Crippen molar-refractivity contribution in [1.82, 2.24) is 9.97 Å². The van der Waals surface area contributed by atoms with Gasteiger partial charge < -0.3 is 14.8 Å². The van der Waals surface area contributed by atoms with E-state index in [1.807, 2.05) is 7.05 Å². The molecule has 1 aromatic heterocycles. The van der Waals surface area contributed by atoms with Gasteiger partial charge in [0.1, 0.15) is 5.82 Å². The summed E-state index contributed by atoms with van der Waals surface area (Å²) in [5.41, 5.74) is 0.871. The molecule has 1 aromatic rings. The molecule has 0 amide bonds. The van der Waals surface area contributed by atoms with Gasteiger partial charge in [0.2, 0.25) is 0 Å². The van der Waals surface area contributed by atoms with E-state index in [4.69, 9.17) is 9.47 Å². The van der Waals surface area contributed by atoms with Crippen molar-refractivity contribution in [2.45, 2.75) is 19.4 Å². The van der Waals surface area contributed by atoms with Gasteiger partial charge in [-0.3, -0.25) is 4.98 Å². The fourth-order valence-electron chi connectivity index (χ4n) is 1.80. The molecule has 0 unspecified atom stereocenters. The molecule has 0 atom stereocenters. The Kier molecular flexibility index (Phi) is 4.70. The van der Waals surface area contributed by atoms with E-state index in [1.165, 1.54) is 0 Å². The van der Waals surface area contributed by atoms with Crippen molar-refractivity contribution in [3.8, 4) is 0 Å². The van der Waals surface area contributed by atoms with Gasteiger partial charge >= 0.3 is 0 Å². The zero-order valence-electron chi connectivity index (χ0n) is 10.2. The highest BCUT2D eigenvalue weighted by Crippen LogP contribution is 2.15. The van der Waals surface area contributed by atoms with E-state index in [9.17, 15) is 0 Å². The molecule has 1 aliphatic heterocycles. The van der Waals surface area contributed by atoms with Crippen LogP contribution in [0.15, 0.2) is 12.4 Å². The van der Waals surface area contributed by atoms with Crippen LogP contribution >= 0.6 is 0 Å². The zero-order chi connectivity index (χ0) is 11.9. The lowest BCUT2D eigenvalue weighted by Gasteiger charge is -2.21. The van der Waals surface area contributed by atoms with Crippen molar-refractivity contribution in [2.24, 2.45) is 5.92 Å². The molecule has 5 nitrogen and oxygen atoms in total. The minimum Gasteiger partial charge on any atom is -0.381 e. The summed E-state index contributed by atoms with van der Waals surface area (Å²) in [7, 11) is 1.82. The van der Waals surface area contributed by atoms with Crippen molar-refractivity contribution in [3.05, 3.63) is 18.1 Å². The van der Waals surface area contributed by atoms with E-state index in [2.05, 4.69) is 15.3 Å².